The highest BCUT2D eigenvalue weighted by molar-refractivity contribution is 6.31. The summed E-state index contributed by atoms with van der Waals surface area (Å²) >= 11 is 6.03. The fourth-order valence-electron chi connectivity index (χ4n) is 2.36. The largest absolute Gasteiger partial charge is 0.490 e. The molecule has 4 nitrogen and oxygen atoms in total. The van der Waals surface area contributed by atoms with Crippen LogP contribution in [0.2, 0.25) is 5.15 Å². The van der Waals surface area contributed by atoms with Crippen LogP contribution in [0.5, 0.6) is 5.75 Å². The summed E-state index contributed by atoms with van der Waals surface area (Å²) < 4.78 is 5.31. The molecule has 0 radical (unpaired) electrons. The van der Waals surface area contributed by atoms with E-state index in [9.17, 15) is 0 Å². The Kier molecular flexibility index (Phi) is 3.95. The number of piperidine rings is 1. The Morgan fingerprint density at radius 1 is 1.39 bits per heavy atom. The lowest BCUT2D eigenvalue weighted by atomic mass is 9.78. The van der Waals surface area contributed by atoms with Crippen molar-refractivity contribution in [1.82, 2.24) is 9.97 Å². The molecule has 2 rings (SSSR count). The summed E-state index contributed by atoms with van der Waals surface area (Å²) in [5, 5.41) is 0.381. The Balaban J connectivity index is 2.17. The van der Waals surface area contributed by atoms with Gasteiger partial charge in [-0.25, -0.2) is 9.97 Å². The van der Waals surface area contributed by atoms with Crippen molar-refractivity contribution in [3.63, 3.8) is 0 Å². The van der Waals surface area contributed by atoms with E-state index in [4.69, 9.17) is 16.3 Å². The summed E-state index contributed by atoms with van der Waals surface area (Å²) in [6.45, 7) is 6.61. The Labute approximate surface area is 113 Å². The molecule has 1 fully saturated rings. The van der Waals surface area contributed by atoms with E-state index in [2.05, 4.69) is 28.7 Å². The standard InChI is InChI=1S/C13H20ClN3O/c1-4-13(2)5-7-17(8-6-13)12-10(18-3)11(14)15-9-16-12/h9H,4-8H2,1-3H3. The van der Waals surface area contributed by atoms with Crippen LogP contribution in [-0.2, 0) is 0 Å². The second-order valence-electron chi connectivity index (χ2n) is 5.17. The first kappa shape index (κ1) is 13.4. The van der Waals surface area contributed by atoms with E-state index in [-0.39, 0.29) is 0 Å². The molecule has 0 unspecified atom stereocenters. The summed E-state index contributed by atoms with van der Waals surface area (Å²) in [7, 11) is 1.61. The minimum atomic E-state index is 0.381. The van der Waals surface area contributed by atoms with Crippen LogP contribution in [-0.4, -0.2) is 30.2 Å². The summed E-state index contributed by atoms with van der Waals surface area (Å²) in [5.74, 6) is 1.40. The van der Waals surface area contributed by atoms with Crippen molar-refractivity contribution >= 4 is 17.4 Å². The number of methoxy groups -OCH3 is 1. The molecule has 0 spiro atoms. The minimum absolute atomic E-state index is 0.381. The van der Waals surface area contributed by atoms with Crippen molar-refractivity contribution in [2.24, 2.45) is 5.41 Å². The number of anilines is 1. The first-order valence-electron chi connectivity index (χ1n) is 6.39. The smallest absolute Gasteiger partial charge is 0.199 e. The van der Waals surface area contributed by atoms with Gasteiger partial charge in [-0.3, -0.25) is 0 Å². The van der Waals surface area contributed by atoms with Crippen LogP contribution in [0.25, 0.3) is 0 Å². The van der Waals surface area contributed by atoms with Gasteiger partial charge in [-0.15, -0.1) is 0 Å². The van der Waals surface area contributed by atoms with Crippen LogP contribution >= 0.6 is 11.6 Å². The topological polar surface area (TPSA) is 38.2 Å². The van der Waals surface area contributed by atoms with Crippen molar-refractivity contribution in [1.29, 1.82) is 0 Å². The van der Waals surface area contributed by atoms with Gasteiger partial charge in [-0.05, 0) is 18.3 Å². The average Bonchev–Trinajstić information content (AvgIpc) is 2.39. The van der Waals surface area contributed by atoms with Gasteiger partial charge in [0, 0.05) is 13.1 Å². The monoisotopic (exact) mass is 269 g/mol. The maximum Gasteiger partial charge on any atom is 0.199 e. The number of halogens is 1. The molecule has 1 aromatic rings. The predicted molar refractivity (Wildman–Crippen MR) is 73.4 cm³/mol. The fourth-order valence-corrected chi connectivity index (χ4v) is 2.56. The quantitative estimate of drug-likeness (QED) is 0.790. The number of ether oxygens (including phenoxy) is 1. The molecule has 1 aromatic heterocycles. The minimum Gasteiger partial charge on any atom is -0.490 e. The zero-order chi connectivity index (χ0) is 13.2. The molecule has 100 valence electrons. The molecule has 0 aliphatic carbocycles. The molecule has 0 saturated carbocycles. The molecule has 2 heterocycles. The zero-order valence-electron chi connectivity index (χ0n) is 11.2. The van der Waals surface area contributed by atoms with E-state index in [0.717, 1.165) is 18.9 Å². The first-order valence-corrected chi connectivity index (χ1v) is 6.77. The number of aromatic nitrogens is 2. The lowest BCUT2D eigenvalue weighted by molar-refractivity contribution is 0.237. The van der Waals surface area contributed by atoms with Crippen LogP contribution in [0.15, 0.2) is 6.33 Å². The molecule has 5 heteroatoms. The van der Waals surface area contributed by atoms with Crippen molar-refractivity contribution < 1.29 is 4.74 Å². The Morgan fingerprint density at radius 3 is 2.61 bits per heavy atom. The van der Waals surface area contributed by atoms with Gasteiger partial charge < -0.3 is 9.64 Å². The van der Waals surface area contributed by atoms with Crippen molar-refractivity contribution in [2.45, 2.75) is 33.1 Å². The highest BCUT2D eigenvalue weighted by Crippen LogP contribution is 2.38. The maximum atomic E-state index is 6.03. The third-order valence-electron chi connectivity index (χ3n) is 4.07. The average molecular weight is 270 g/mol. The second kappa shape index (κ2) is 5.31. The Hall–Kier alpha value is -1.03. The maximum absolute atomic E-state index is 6.03. The summed E-state index contributed by atoms with van der Waals surface area (Å²) in [6.07, 6.45) is 5.07. The number of rotatable bonds is 3. The van der Waals surface area contributed by atoms with Gasteiger partial charge in [0.25, 0.3) is 0 Å². The molecule has 0 amide bonds. The fraction of sp³-hybridized carbons (Fsp3) is 0.692. The zero-order valence-corrected chi connectivity index (χ0v) is 12.0. The van der Waals surface area contributed by atoms with Gasteiger partial charge in [0.1, 0.15) is 6.33 Å². The molecule has 1 aliphatic heterocycles. The van der Waals surface area contributed by atoms with E-state index in [0.29, 0.717) is 16.3 Å². The lowest BCUT2D eigenvalue weighted by Gasteiger charge is -2.39. The number of hydrogen-bond donors (Lipinski definition) is 0. The molecular formula is C13H20ClN3O. The number of nitrogens with zero attached hydrogens (tertiary/aromatic N) is 3. The van der Waals surface area contributed by atoms with Gasteiger partial charge >= 0.3 is 0 Å². The van der Waals surface area contributed by atoms with Gasteiger partial charge in [0.15, 0.2) is 16.7 Å². The molecule has 0 N–H and O–H groups in total. The van der Waals surface area contributed by atoms with Crippen LogP contribution in [0.4, 0.5) is 5.82 Å². The Bertz CT molecular complexity index is 417. The molecule has 18 heavy (non-hydrogen) atoms. The van der Waals surface area contributed by atoms with Gasteiger partial charge in [-0.2, -0.15) is 0 Å². The summed E-state index contributed by atoms with van der Waals surface area (Å²) in [4.78, 5) is 10.5. The normalized spacial score (nSPS) is 18.8. The van der Waals surface area contributed by atoms with E-state index >= 15 is 0 Å². The first-order chi connectivity index (χ1) is 8.59. The summed E-state index contributed by atoms with van der Waals surface area (Å²) in [5.41, 5.74) is 0.459. The van der Waals surface area contributed by atoms with Crippen LogP contribution in [0.1, 0.15) is 33.1 Å². The van der Waals surface area contributed by atoms with Crippen LogP contribution < -0.4 is 9.64 Å². The van der Waals surface area contributed by atoms with Gasteiger partial charge in [0.05, 0.1) is 7.11 Å². The third-order valence-corrected chi connectivity index (χ3v) is 4.34. The molecular weight excluding hydrogens is 250 g/mol. The highest BCUT2D eigenvalue weighted by Gasteiger charge is 2.30. The Morgan fingerprint density at radius 2 is 2.06 bits per heavy atom. The second-order valence-corrected chi connectivity index (χ2v) is 5.53. The molecule has 0 atom stereocenters. The van der Waals surface area contributed by atoms with Crippen molar-refractivity contribution in [3.8, 4) is 5.75 Å². The van der Waals surface area contributed by atoms with E-state index < -0.39 is 0 Å². The van der Waals surface area contributed by atoms with Gasteiger partial charge in [-0.1, -0.05) is 31.9 Å². The van der Waals surface area contributed by atoms with E-state index in [1.807, 2.05) is 0 Å². The molecule has 1 saturated heterocycles. The van der Waals surface area contributed by atoms with Crippen molar-refractivity contribution in [2.75, 3.05) is 25.1 Å². The van der Waals surface area contributed by atoms with Crippen LogP contribution in [0.3, 0.4) is 0 Å². The summed E-state index contributed by atoms with van der Waals surface area (Å²) in [6, 6.07) is 0. The molecule has 1 aliphatic rings. The van der Waals surface area contributed by atoms with E-state index in [1.54, 1.807) is 7.11 Å². The molecule has 0 bridgehead atoms. The van der Waals surface area contributed by atoms with Crippen LogP contribution in [0, 0.1) is 5.41 Å². The number of hydrogen-bond acceptors (Lipinski definition) is 4. The highest BCUT2D eigenvalue weighted by atomic mass is 35.5. The van der Waals surface area contributed by atoms with Crippen molar-refractivity contribution in [3.05, 3.63) is 11.5 Å². The van der Waals surface area contributed by atoms with Gasteiger partial charge in [0.2, 0.25) is 0 Å². The lowest BCUT2D eigenvalue weighted by Crippen LogP contribution is -2.39. The van der Waals surface area contributed by atoms with E-state index in [1.165, 1.54) is 25.6 Å². The SMILES string of the molecule is CCC1(C)CCN(c2ncnc(Cl)c2OC)CC1. The third kappa shape index (κ3) is 2.53. The predicted octanol–water partition coefficient (Wildman–Crippen LogP) is 3.16. The molecule has 0 aromatic carbocycles.